The molecule has 4 N–H and O–H groups in total. The zero-order valence-electron chi connectivity index (χ0n) is 12.3. The number of rotatable bonds is 7. The molecule has 2 aliphatic heterocycles. The van der Waals surface area contributed by atoms with Crippen molar-refractivity contribution in [2.75, 3.05) is 26.3 Å². The highest BCUT2D eigenvalue weighted by molar-refractivity contribution is 5.87. The fourth-order valence-corrected chi connectivity index (χ4v) is 2.86. The lowest BCUT2D eigenvalue weighted by Gasteiger charge is -2.29. The van der Waals surface area contributed by atoms with Gasteiger partial charge in [-0.15, -0.1) is 0 Å². The maximum absolute atomic E-state index is 12.4. The molecule has 0 spiro atoms. The van der Waals surface area contributed by atoms with Crippen LogP contribution in [0.25, 0.3) is 0 Å². The van der Waals surface area contributed by atoms with E-state index in [2.05, 4.69) is 0 Å². The third-order valence-electron chi connectivity index (χ3n) is 3.95. The van der Waals surface area contributed by atoms with Crippen LogP contribution in [0.4, 0.5) is 0 Å². The minimum atomic E-state index is -0.884. The van der Waals surface area contributed by atoms with E-state index in [-0.39, 0.29) is 24.5 Å². The van der Waals surface area contributed by atoms with E-state index in [0.29, 0.717) is 13.1 Å². The molecular weight excluding hydrogens is 274 g/mol. The molecule has 0 aromatic heterocycles. The van der Waals surface area contributed by atoms with E-state index >= 15 is 0 Å². The quantitative estimate of drug-likeness (QED) is 0.651. The first-order chi connectivity index (χ1) is 10.1. The van der Waals surface area contributed by atoms with Crippen LogP contribution in [0.1, 0.15) is 32.1 Å². The molecule has 0 aliphatic carbocycles. The smallest absolute Gasteiger partial charge is 0.240 e. The maximum Gasteiger partial charge on any atom is 0.240 e. The number of amides is 2. The number of carbonyl (C=O) groups is 2. The Morgan fingerprint density at radius 3 is 2.00 bits per heavy atom. The van der Waals surface area contributed by atoms with Gasteiger partial charge in [0.25, 0.3) is 0 Å². The van der Waals surface area contributed by atoms with E-state index in [4.69, 9.17) is 20.9 Å². The van der Waals surface area contributed by atoms with Crippen LogP contribution in [0.5, 0.6) is 0 Å². The highest BCUT2D eigenvalue weighted by Crippen LogP contribution is 2.18. The molecule has 2 fully saturated rings. The van der Waals surface area contributed by atoms with Crippen LogP contribution in [-0.4, -0.2) is 61.3 Å². The van der Waals surface area contributed by atoms with Gasteiger partial charge in [-0.1, -0.05) is 0 Å². The molecule has 3 atom stereocenters. The first kappa shape index (κ1) is 16.2. The average Bonchev–Trinajstić information content (AvgIpc) is 3.09. The summed E-state index contributed by atoms with van der Waals surface area (Å²) >= 11 is 0. The minimum Gasteiger partial charge on any atom is -0.376 e. The topological polar surface area (TPSA) is 108 Å². The molecule has 0 bridgehead atoms. The average molecular weight is 299 g/mol. The zero-order chi connectivity index (χ0) is 15.2. The molecule has 2 amide bonds. The molecule has 2 heterocycles. The molecule has 0 aromatic rings. The standard InChI is InChI=1S/C14H25N3O4/c15-12(7-13(16)18)14(19)17(8-10-3-1-5-20-10)9-11-4-2-6-21-11/h10-12H,1-9,15H2,(H2,16,18). The molecular formula is C14H25N3O4. The monoisotopic (exact) mass is 299 g/mol. The summed E-state index contributed by atoms with van der Waals surface area (Å²) in [5, 5.41) is 0. The molecule has 0 saturated carbocycles. The Balaban J connectivity index is 1.94. The highest BCUT2D eigenvalue weighted by atomic mass is 16.5. The summed E-state index contributed by atoms with van der Waals surface area (Å²) in [7, 11) is 0. The number of nitrogens with two attached hydrogens (primary N) is 2. The first-order valence-corrected chi connectivity index (χ1v) is 7.62. The van der Waals surface area contributed by atoms with E-state index < -0.39 is 11.9 Å². The molecule has 2 rings (SSSR count). The van der Waals surface area contributed by atoms with Crippen LogP contribution in [0, 0.1) is 0 Å². The van der Waals surface area contributed by atoms with Crippen molar-refractivity contribution >= 4 is 11.8 Å². The Kier molecular flexibility index (Phi) is 5.96. The van der Waals surface area contributed by atoms with Gasteiger partial charge in [0.15, 0.2) is 0 Å². The van der Waals surface area contributed by atoms with Crippen LogP contribution in [0.15, 0.2) is 0 Å². The lowest BCUT2D eigenvalue weighted by Crippen LogP contribution is -2.50. The van der Waals surface area contributed by atoms with Crippen LogP contribution in [-0.2, 0) is 19.1 Å². The van der Waals surface area contributed by atoms with Gasteiger partial charge in [0.05, 0.1) is 24.7 Å². The molecule has 7 nitrogen and oxygen atoms in total. The fraction of sp³-hybridized carbons (Fsp3) is 0.857. The van der Waals surface area contributed by atoms with Crippen molar-refractivity contribution in [3.05, 3.63) is 0 Å². The second-order valence-corrected chi connectivity index (χ2v) is 5.79. The Bertz CT molecular complexity index is 347. The van der Waals surface area contributed by atoms with Gasteiger partial charge in [-0.05, 0) is 25.7 Å². The zero-order valence-corrected chi connectivity index (χ0v) is 12.3. The first-order valence-electron chi connectivity index (χ1n) is 7.62. The number of nitrogens with zero attached hydrogens (tertiary/aromatic N) is 1. The summed E-state index contributed by atoms with van der Waals surface area (Å²) in [5.74, 6) is -0.815. The second-order valence-electron chi connectivity index (χ2n) is 5.79. The largest absolute Gasteiger partial charge is 0.376 e. The predicted molar refractivity (Wildman–Crippen MR) is 76.3 cm³/mol. The number of carbonyl (C=O) groups excluding carboxylic acids is 2. The molecule has 21 heavy (non-hydrogen) atoms. The van der Waals surface area contributed by atoms with Gasteiger partial charge in [-0.25, -0.2) is 0 Å². The van der Waals surface area contributed by atoms with Crippen LogP contribution >= 0.6 is 0 Å². The van der Waals surface area contributed by atoms with E-state index in [1.165, 1.54) is 0 Å². The molecule has 120 valence electrons. The fourth-order valence-electron chi connectivity index (χ4n) is 2.86. The van der Waals surface area contributed by atoms with Gasteiger partial charge in [0, 0.05) is 26.3 Å². The normalized spacial score (nSPS) is 26.7. The van der Waals surface area contributed by atoms with Crippen LogP contribution in [0.2, 0.25) is 0 Å². The molecule has 0 aromatic carbocycles. The van der Waals surface area contributed by atoms with E-state index in [1.807, 2.05) is 0 Å². The van der Waals surface area contributed by atoms with Crippen molar-refractivity contribution < 1.29 is 19.1 Å². The van der Waals surface area contributed by atoms with Crippen molar-refractivity contribution in [1.29, 1.82) is 0 Å². The van der Waals surface area contributed by atoms with Crippen molar-refractivity contribution in [3.8, 4) is 0 Å². The molecule has 2 saturated heterocycles. The third-order valence-corrected chi connectivity index (χ3v) is 3.95. The lowest BCUT2D eigenvalue weighted by molar-refractivity contribution is -0.137. The van der Waals surface area contributed by atoms with Crippen LogP contribution in [0.3, 0.4) is 0 Å². The Labute approximate surface area is 124 Å². The summed E-state index contributed by atoms with van der Waals surface area (Å²) in [4.78, 5) is 25.1. The van der Waals surface area contributed by atoms with Crippen molar-refractivity contribution in [2.45, 2.75) is 50.4 Å². The number of hydrogen-bond donors (Lipinski definition) is 2. The van der Waals surface area contributed by atoms with Crippen LogP contribution < -0.4 is 11.5 Å². The minimum absolute atomic E-state index is 0.0520. The van der Waals surface area contributed by atoms with Gasteiger partial charge in [-0.2, -0.15) is 0 Å². The van der Waals surface area contributed by atoms with Gasteiger partial charge in [0.1, 0.15) is 0 Å². The lowest BCUT2D eigenvalue weighted by atomic mass is 10.1. The van der Waals surface area contributed by atoms with Crippen molar-refractivity contribution in [2.24, 2.45) is 11.5 Å². The summed E-state index contributed by atoms with van der Waals surface area (Å²) in [6, 6.07) is -0.884. The van der Waals surface area contributed by atoms with E-state index in [0.717, 1.165) is 38.9 Å². The molecule has 2 aliphatic rings. The summed E-state index contributed by atoms with van der Waals surface area (Å²) in [6.45, 7) is 2.48. The summed E-state index contributed by atoms with van der Waals surface area (Å²) in [5.41, 5.74) is 10.9. The Hall–Kier alpha value is -1.18. The number of primary amides is 1. The van der Waals surface area contributed by atoms with Gasteiger partial charge >= 0.3 is 0 Å². The van der Waals surface area contributed by atoms with E-state index in [9.17, 15) is 9.59 Å². The van der Waals surface area contributed by atoms with Gasteiger partial charge in [-0.3, -0.25) is 9.59 Å². The molecule has 0 radical (unpaired) electrons. The van der Waals surface area contributed by atoms with Gasteiger partial charge in [0.2, 0.25) is 11.8 Å². The van der Waals surface area contributed by atoms with Crippen molar-refractivity contribution in [3.63, 3.8) is 0 Å². The molecule has 3 unspecified atom stereocenters. The Morgan fingerprint density at radius 1 is 1.10 bits per heavy atom. The summed E-state index contributed by atoms with van der Waals surface area (Å²) in [6.07, 6.45) is 3.89. The third kappa shape index (κ3) is 4.94. The predicted octanol–water partition coefficient (Wildman–Crippen LogP) is -0.624. The molecule has 7 heteroatoms. The van der Waals surface area contributed by atoms with Crippen molar-refractivity contribution in [1.82, 2.24) is 4.90 Å². The maximum atomic E-state index is 12.4. The number of hydrogen-bond acceptors (Lipinski definition) is 5. The van der Waals surface area contributed by atoms with E-state index in [1.54, 1.807) is 4.90 Å². The van der Waals surface area contributed by atoms with Gasteiger partial charge < -0.3 is 25.8 Å². The summed E-state index contributed by atoms with van der Waals surface area (Å²) < 4.78 is 11.2. The highest BCUT2D eigenvalue weighted by Gasteiger charge is 2.29. The SMILES string of the molecule is NC(=O)CC(N)C(=O)N(CC1CCCO1)CC1CCCO1. The Morgan fingerprint density at radius 2 is 1.62 bits per heavy atom. The second kappa shape index (κ2) is 7.72. The number of ether oxygens (including phenoxy) is 2.